The Balaban J connectivity index is 2.74. The summed E-state index contributed by atoms with van der Waals surface area (Å²) in [6.45, 7) is 8.95. The van der Waals surface area contributed by atoms with Gasteiger partial charge in [0.15, 0.2) is 0 Å². The SMILES string of the molecule is CCN(CC)CC(C)Nc1ccc(C(F)(F)F)cc1Br. The van der Waals surface area contributed by atoms with Crippen LogP contribution in [0.4, 0.5) is 18.9 Å². The van der Waals surface area contributed by atoms with Gasteiger partial charge in [0.05, 0.1) is 5.56 Å². The first-order valence-electron chi connectivity index (χ1n) is 6.63. The molecular formula is C14H20BrF3N2. The van der Waals surface area contributed by atoms with E-state index in [2.05, 4.69) is 40.0 Å². The van der Waals surface area contributed by atoms with E-state index in [1.165, 1.54) is 6.07 Å². The molecule has 0 bridgehead atoms. The molecular weight excluding hydrogens is 333 g/mol. The van der Waals surface area contributed by atoms with Crippen LogP contribution in [0.2, 0.25) is 0 Å². The second-order valence-corrected chi connectivity index (χ2v) is 5.58. The van der Waals surface area contributed by atoms with Crippen molar-refractivity contribution < 1.29 is 13.2 Å². The van der Waals surface area contributed by atoms with Crippen molar-refractivity contribution in [3.63, 3.8) is 0 Å². The molecule has 1 aromatic rings. The van der Waals surface area contributed by atoms with Crippen LogP contribution >= 0.6 is 15.9 Å². The number of likely N-dealkylation sites (N-methyl/N-ethyl adjacent to an activating group) is 1. The van der Waals surface area contributed by atoms with E-state index in [0.29, 0.717) is 10.2 Å². The van der Waals surface area contributed by atoms with Crippen molar-refractivity contribution >= 4 is 21.6 Å². The second kappa shape index (κ2) is 7.31. The Morgan fingerprint density at radius 1 is 1.25 bits per heavy atom. The molecule has 1 aromatic carbocycles. The van der Waals surface area contributed by atoms with E-state index in [1.54, 1.807) is 0 Å². The molecule has 0 aliphatic carbocycles. The normalized spacial score (nSPS) is 13.6. The van der Waals surface area contributed by atoms with Crippen LogP contribution in [0.3, 0.4) is 0 Å². The first-order chi connectivity index (χ1) is 9.27. The van der Waals surface area contributed by atoms with E-state index in [1.807, 2.05) is 6.92 Å². The van der Waals surface area contributed by atoms with Crippen LogP contribution in [-0.2, 0) is 6.18 Å². The number of anilines is 1. The molecule has 1 rings (SSSR count). The van der Waals surface area contributed by atoms with Crippen molar-refractivity contribution in [2.75, 3.05) is 25.0 Å². The number of halogens is 4. The first-order valence-corrected chi connectivity index (χ1v) is 7.42. The van der Waals surface area contributed by atoms with E-state index in [0.717, 1.165) is 31.8 Å². The Morgan fingerprint density at radius 2 is 1.85 bits per heavy atom. The Morgan fingerprint density at radius 3 is 2.30 bits per heavy atom. The molecule has 0 saturated carbocycles. The molecule has 2 nitrogen and oxygen atoms in total. The fourth-order valence-corrected chi connectivity index (χ4v) is 2.48. The summed E-state index contributed by atoms with van der Waals surface area (Å²) in [5, 5.41) is 3.23. The molecule has 0 fully saturated rings. The maximum absolute atomic E-state index is 12.6. The van der Waals surface area contributed by atoms with Crippen LogP contribution in [0.5, 0.6) is 0 Å². The third-order valence-corrected chi connectivity index (χ3v) is 3.78. The van der Waals surface area contributed by atoms with Gasteiger partial charge in [0, 0.05) is 22.7 Å². The molecule has 6 heteroatoms. The molecule has 0 heterocycles. The minimum atomic E-state index is -4.31. The standard InChI is InChI=1S/C14H20BrF3N2/c1-4-20(5-2)9-10(3)19-13-7-6-11(8-12(13)15)14(16,17)18/h6-8,10,19H,4-5,9H2,1-3H3. The fraction of sp³-hybridized carbons (Fsp3) is 0.571. The molecule has 0 aliphatic heterocycles. The molecule has 0 aromatic heterocycles. The highest BCUT2D eigenvalue weighted by atomic mass is 79.9. The summed E-state index contributed by atoms with van der Waals surface area (Å²) in [6, 6.07) is 3.82. The zero-order valence-electron chi connectivity index (χ0n) is 11.9. The van der Waals surface area contributed by atoms with Crippen molar-refractivity contribution in [1.29, 1.82) is 0 Å². The minimum absolute atomic E-state index is 0.155. The number of nitrogens with zero attached hydrogens (tertiary/aromatic N) is 1. The van der Waals surface area contributed by atoms with Crippen LogP contribution in [0.15, 0.2) is 22.7 Å². The lowest BCUT2D eigenvalue weighted by atomic mass is 10.2. The van der Waals surface area contributed by atoms with Crippen molar-refractivity contribution in [1.82, 2.24) is 4.90 Å². The Kier molecular flexibility index (Phi) is 6.33. The maximum atomic E-state index is 12.6. The molecule has 1 atom stereocenters. The molecule has 0 aliphatic rings. The second-order valence-electron chi connectivity index (χ2n) is 4.72. The van der Waals surface area contributed by atoms with E-state index >= 15 is 0 Å². The number of nitrogens with one attached hydrogen (secondary N) is 1. The van der Waals surface area contributed by atoms with Crippen LogP contribution < -0.4 is 5.32 Å². The lowest BCUT2D eigenvalue weighted by Crippen LogP contribution is -2.34. The highest BCUT2D eigenvalue weighted by Crippen LogP contribution is 2.34. The van der Waals surface area contributed by atoms with Gasteiger partial charge in [-0.1, -0.05) is 13.8 Å². The predicted octanol–water partition coefficient (Wildman–Crippen LogP) is 4.61. The summed E-state index contributed by atoms with van der Waals surface area (Å²) in [6.07, 6.45) is -4.31. The van der Waals surface area contributed by atoms with Crippen LogP contribution in [0.1, 0.15) is 26.3 Å². The van der Waals surface area contributed by atoms with Crippen LogP contribution in [-0.4, -0.2) is 30.6 Å². The van der Waals surface area contributed by atoms with Gasteiger partial charge in [-0.25, -0.2) is 0 Å². The topological polar surface area (TPSA) is 15.3 Å². The van der Waals surface area contributed by atoms with Crippen molar-refractivity contribution in [2.24, 2.45) is 0 Å². The predicted molar refractivity (Wildman–Crippen MR) is 80.0 cm³/mol. The van der Waals surface area contributed by atoms with Crippen molar-refractivity contribution in [2.45, 2.75) is 33.0 Å². The smallest absolute Gasteiger partial charge is 0.380 e. The van der Waals surface area contributed by atoms with Crippen LogP contribution in [0.25, 0.3) is 0 Å². The third-order valence-electron chi connectivity index (χ3n) is 3.12. The van der Waals surface area contributed by atoms with E-state index < -0.39 is 11.7 Å². The molecule has 20 heavy (non-hydrogen) atoms. The number of hydrogen-bond acceptors (Lipinski definition) is 2. The molecule has 0 amide bonds. The van der Waals surface area contributed by atoms with Crippen molar-refractivity contribution in [3.8, 4) is 0 Å². The van der Waals surface area contributed by atoms with Gasteiger partial charge in [0.25, 0.3) is 0 Å². The van der Waals surface area contributed by atoms with Gasteiger partial charge >= 0.3 is 6.18 Å². The summed E-state index contributed by atoms with van der Waals surface area (Å²) in [7, 11) is 0. The van der Waals surface area contributed by atoms with Gasteiger partial charge in [-0.3, -0.25) is 0 Å². The Hall–Kier alpha value is -0.750. The quantitative estimate of drug-likeness (QED) is 0.804. The van der Waals surface area contributed by atoms with Gasteiger partial charge in [0.1, 0.15) is 0 Å². The zero-order valence-corrected chi connectivity index (χ0v) is 13.5. The maximum Gasteiger partial charge on any atom is 0.416 e. The van der Waals surface area contributed by atoms with Gasteiger partial charge in [0.2, 0.25) is 0 Å². The lowest BCUT2D eigenvalue weighted by molar-refractivity contribution is -0.137. The average molecular weight is 353 g/mol. The van der Waals surface area contributed by atoms with E-state index in [-0.39, 0.29) is 6.04 Å². The third kappa shape index (κ3) is 4.98. The summed E-state index contributed by atoms with van der Waals surface area (Å²) in [5.41, 5.74) is 0.0315. The fourth-order valence-electron chi connectivity index (χ4n) is 1.99. The molecule has 0 saturated heterocycles. The first kappa shape index (κ1) is 17.3. The molecule has 0 radical (unpaired) electrons. The number of rotatable bonds is 6. The van der Waals surface area contributed by atoms with E-state index in [4.69, 9.17) is 0 Å². The van der Waals surface area contributed by atoms with Gasteiger partial charge in [-0.05, 0) is 54.1 Å². The van der Waals surface area contributed by atoms with Gasteiger partial charge < -0.3 is 10.2 Å². The van der Waals surface area contributed by atoms with E-state index in [9.17, 15) is 13.2 Å². The molecule has 0 spiro atoms. The highest BCUT2D eigenvalue weighted by molar-refractivity contribution is 9.10. The monoisotopic (exact) mass is 352 g/mol. The summed E-state index contributed by atoms with van der Waals surface area (Å²) >= 11 is 3.19. The van der Waals surface area contributed by atoms with Crippen molar-refractivity contribution in [3.05, 3.63) is 28.2 Å². The summed E-state index contributed by atoms with van der Waals surface area (Å²) in [4.78, 5) is 2.26. The summed E-state index contributed by atoms with van der Waals surface area (Å²) < 4.78 is 38.2. The largest absolute Gasteiger partial charge is 0.416 e. The zero-order chi connectivity index (χ0) is 15.3. The average Bonchev–Trinajstić information content (AvgIpc) is 2.37. The van der Waals surface area contributed by atoms with Crippen LogP contribution in [0, 0.1) is 0 Å². The minimum Gasteiger partial charge on any atom is -0.380 e. The molecule has 114 valence electrons. The Labute approximate surface area is 126 Å². The number of hydrogen-bond donors (Lipinski definition) is 1. The number of benzene rings is 1. The lowest BCUT2D eigenvalue weighted by Gasteiger charge is -2.24. The summed E-state index contributed by atoms with van der Waals surface area (Å²) in [5.74, 6) is 0. The Bertz CT molecular complexity index is 431. The molecule has 1 N–H and O–H groups in total. The highest BCUT2D eigenvalue weighted by Gasteiger charge is 2.30. The van der Waals surface area contributed by atoms with Gasteiger partial charge in [-0.15, -0.1) is 0 Å². The van der Waals surface area contributed by atoms with Gasteiger partial charge in [-0.2, -0.15) is 13.2 Å². The number of alkyl halides is 3. The molecule has 1 unspecified atom stereocenters.